The monoisotopic (exact) mass is 448 g/mol. The molecule has 2 aromatic heterocycles. The molecule has 2 heterocycles. The third-order valence-corrected chi connectivity index (χ3v) is 6.89. The summed E-state index contributed by atoms with van der Waals surface area (Å²) >= 11 is 8.56. The van der Waals surface area contributed by atoms with E-state index in [1.54, 1.807) is 24.3 Å². The number of thioether (sulfide) groups is 1. The largest absolute Gasteiger partial charge is 0.365 e. The molecule has 2 amide bonds. The summed E-state index contributed by atoms with van der Waals surface area (Å²) < 4.78 is 1.53. The topological polar surface area (TPSA) is 116 Å². The number of tetrazole rings is 1. The number of fused-ring (bicyclic) bond motifs is 1. The summed E-state index contributed by atoms with van der Waals surface area (Å²) in [5.74, 6) is -0.657. The Morgan fingerprint density at radius 2 is 2.00 bits per heavy atom. The third kappa shape index (κ3) is 4.29. The van der Waals surface area contributed by atoms with Crippen LogP contribution in [-0.4, -0.2) is 37.8 Å². The molecule has 0 saturated heterocycles. The number of anilines is 1. The van der Waals surface area contributed by atoms with Gasteiger partial charge < -0.3 is 11.1 Å². The zero-order chi connectivity index (χ0) is 20.4. The Labute approximate surface area is 179 Å². The maximum absolute atomic E-state index is 12.5. The first-order valence-corrected chi connectivity index (χ1v) is 11.1. The Hall–Kier alpha value is -2.43. The highest BCUT2D eigenvalue weighted by atomic mass is 35.5. The molecule has 0 spiro atoms. The van der Waals surface area contributed by atoms with Crippen LogP contribution in [0.5, 0.6) is 0 Å². The second-order valence-corrected chi connectivity index (χ2v) is 8.95. The van der Waals surface area contributed by atoms with Gasteiger partial charge in [-0.15, -0.1) is 16.4 Å². The number of hydrogen-bond donors (Lipinski definition) is 2. The molecule has 1 aliphatic rings. The number of benzene rings is 1. The Bertz CT molecular complexity index is 1060. The number of aryl methyl sites for hydroxylation is 1. The lowest BCUT2D eigenvalue weighted by Crippen LogP contribution is -2.19. The highest BCUT2D eigenvalue weighted by Gasteiger charge is 2.25. The molecule has 0 bridgehead atoms. The standard InChI is InChI=1S/C18H17ClN6O2S2/c19-10-5-7-11(8-6-10)25-18(22-23-24-25)28-9-14(26)21-17-15(16(20)27)12-3-1-2-4-13(12)29-17/h5-8H,1-4,9H2,(H2,20,27)(H,21,26). The van der Waals surface area contributed by atoms with Gasteiger partial charge >= 0.3 is 0 Å². The molecule has 3 N–H and O–H groups in total. The number of nitrogens with two attached hydrogens (primary N) is 1. The average Bonchev–Trinajstić information content (AvgIpc) is 3.31. The molecule has 8 nitrogen and oxygen atoms in total. The van der Waals surface area contributed by atoms with Crippen LogP contribution in [-0.2, 0) is 17.6 Å². The number of primary amides is 1. The fourth-order valence-corrected chi connectivity index (χ4v) is 5.35. The zero-order valence-electron chi connectivity index (χ0n) is 15.2. The molecule has 0 saturated carbocycles. The van der Waals surface area contributed by atoms with Gasteiger partial charge in [-0.1, -0.05) is 23.4 Å². The summed E-state index contributed by atoms with van der Waals surface area (Å²) in [7, 11) is 0. The summed E-state index contributed by atoms with van der Waals surface area (Å²) in [6, 6.07) is 7.06. The molecule has 0 aliphatic heterocycles. The van der Waals surface area contributed by atoms with E-state index in [-0.39, 0.29) is 11.7 Å². The first kappa shape index (κ1) is 19.9. The Balaban J connectivity index is 1.46. The second kappa shape index (κ2) is 8.52. The van der Waals surface area contributed by atoms with Gasteiger partial charge in [0.1, 0.15) is 5.00 Å². The lowest BCUT2D eigenvalue weighted by molar-refractivity contribution is -0.113. The van der Waals surface area contributed by atoms with Crippen molar-refractivity contribution in [2.45, 2.75) is 30.8 Å². The number of nitrogens with one attached hydrogen (secondary N) is 1. The van der Waals surface area contributed by atoms with Crippen molar-refractivity contribution in [3.8, 4) is 5.69 Å². The van der Waals surface area contributed by atoms with E-state index in [4.69, 9.17) is 17.3 Å². The van der Waals surface area contributed by atoms with Gasteiger partial charge in [-0.3, -0.25) is 9.59 Å². The van der Waals surface area contributed by atoms with Crippen molar-refractivity contribution in [1.82, 2.24) is 20.2 Å². The summed E-state index contributed by atoms with van der Waals surface area (Å²) in [6.45, 7) is 0. The van der Waals surface area contributed by atoms with Crippen LogP contribution in [0.2, 0.25) is 5.02 Å². The molecular formula is C18H17ClN6O2S2. The van der Waals surface area contributed by atoms with E-state index in [1.165, 1.54) is 27.8 Å². The average molecular weight is 449 g/mol. The number of carbonyl (C=O) groups is 2. The number of rotatable bonds is 6. The van der Waals surface area contributed by atoms with Crippen LogP contribution in [0.15, 0.2) is 29.4 Å². The fourth-order valence-electron chi connectivity index (χ4n) is 3.22. The highest BCUT2D eigenvalue weighted by Crippen LogP contribution is 2.38. The second-order valence-electron chi connectivity index (χ2n) is 6.47. The van der Waals surface area contributed by atoms with E-state index >= 15 is 0 Å². The van der Waals surface area contributed by atoms with Crippen LogP contribution in [0.25, 0.3) is 5.69 Å². The number of carbonyl (C=O) groups excluding carboxylic acids is 2. The van der Waals surface area contributed by atoms with E-state index in [9.17, 15) is 9.59 Å². The molecule has 0 unspecified atom stereocenters. The number of halogens is 1. The molecule has 4 rings (SSSR count). The molecule has 1 aliphatic carbocycles. The van der Waals surface area contributed by atoms with Gasteiger partial charge in [-0.25, -0.2) is 0 Å². The van der Waals surface area contributed by atoms with E-state index in [2.05, 4.69) is 20.8 Å². The van der Waals surface area contributed by atoms with Gasteiger partial charge in [0.15, 0.2) is 0 Å². The normalized spacial score (nSPS) is 13.1. The number of aromatic nitrogens is 4. The zero-order valence-corrected chi connectivity index (χ0v) is 17.6. The lowest BCUT2D eigenvalue weighted by Gasteiger charge is -2.11. The summed E-state index contributed by atoms with van der Waals surface area (Å²) in [5, 5.41) is 16.1. The van der Waals surface area contributed by atoms with Crippen molar-refractivity contribution in [3.05, 3.63) is 45.3 Å². The van der Waals surface area contributed by atoms with Crippen LogP contribution in [0.1, 0.15) is 33.6 Å². The minimum Gasteiger partial charge on any atom is -0.365 e. The summed E-state index contributed by atoms with van der Waals surface area (Å²) in [4.78, 5) is 25.6. The van der Waals surface area contributed by atoms with Crippen molar-refractivity contribution in [2.24, 2.45) is 5.73 Å². The predicted molar refractivity (Wildman–Crippen MR) is 113 cm³/mol. The van der Waals surface area contributed by atoms with Crippen LogP contribution in [0.4, 0.5) is 5.00 Å². The van der Waals surface area contributed by atoms with Crippen molar-refractivity contribution >= 4 is 51.5 Å². The van der Waals surface area contributed by atoms with Crippen LogP contribution in [0.3, 0.4) is 0 Å². The summed E-state index contributed by atoms with van der Waals surface area (Å²) in [5.41, 5.74) is 7.76. The SMILES string of the molecule is NC(=O)c1c(NC(=O)CSc2nnnn2-c2ccc(Cl)cc2)sc2c1CCCC2. The van der Waals surface area contributed by atoms with Crippen molar-refractivity contribution < 1.29 is 9.59 Å². The third-order valence-electron chi connectivity index (χ3n) is 4.52. The highest BCUT2D eigenvalue weighted by molar-refractivity contribution is 7.99. The molecule has 1 aromatic carbocycles. The molecule has 11 heteroatoms. The Morgan fingerprint density at radius 3 is 2.76 bits per heavy atom. The van der Waals surface area contributed by atoms with Crippen LogP contribution >= 0.6 is 34.7 Å². The van der Waals surface area contributed by atoms with E-state index in [0.717, 1.165) is 41.8 Å². The number of thiophene rings is 1. The predicted octanol–water partition coefficient (Wildman–Crippen LogP) is 3.09. The Kier molecular flexibility index (Phi) is 5.84. The quantitative estimate of drug-likeness (QED) is 0.560. The lowest BCUT2D eigenvalue weighted by atomic mass is 9.95. The molecule has 0 fully saturated rings. The minimum atomic E-state index is -0.501. The molecular weight excluding hydrogens is 432 g/mol. The maximum Gasteiger partial charge on any atom is 0.251 e. The molecule has 0 radical (unpaired) electrons. The van der Waals surface area contributed by atoms with Gasteiger partial charge in [0.25, 0.3) is 5.91 Å². The van der Waals surface area contributed by atoms with Crippen LogP contribution in [0, 0.1) is 0 Å². The van der Waals surface area contributed by atoms with Crippen LogP contribution < -0.4 is 11.1 Å². The number of hydrogen-bond acceptors (Lipinski definition) is 7. The smallest absolute Gasteiger partial charge is 0.251 e. The van der Waals surface area contributed by atoms with E-state index in [1.807, 2.05) is 0 Å². The van der Waals surface area contributed by atoms with Crippen molar-refractivity contribution in [2.75, 3.05) is 11.1 Å². The van der Waals surface area contributed by atoms with Crippen molar-refractivity contribution in [1.29, 1.82) is 0 Å². The molecule has 3 aromatic rings. The minimum absolute atomic E-state index is 0.0920. The molecule has 150 valence electrons. The fraction of sp³-hybridized carbons (Fsp3) is 0.278. The van der Waals surface area contributed by atoms with Gasteiger partial charge in [-0.2, -0.15) is 4.68 Å². The first-order chi connectivity index (χ1) is 14.0. The first-order valence-electron chi connectivity index (χ1n) is 8.94. The van der Waals surface area contributed by atoms with Gasteiger partial charge in [0.2, 0.25) is 11.1 Å². The van der Waals surface area contributed by atoms with Gasteiger partial charge in [0.05, 0.1) is 17.0 Å². The van der Waals surface area contributed by atoms with E-state index < -0.39 is 5.91 Å². The van der Waals surface area contributed by atoms with Crippen molar-refractivity contribution in [3.63, 3.8) is 0 Å². The summed E-state index contributed by atoms with van der Waals surface area (Å²) in [6.07, 6.45) is 3.86. The number of amides is 2. The number of nitrogens with zero attached hydrogens (tertiary/aromatic N) is 4. The molecule has 0 atom stereocenters. The Morgan fingerprint density at radius 1 is 1.24 bits per heavy atom. The van der Waals surface area contributed by atoms with E-state index in [0.29, 0.717) is 20.7 Å². The van der Waals surface area contributed by atoms with Gasteiger partial charge in [-0.05, 0) is 65.9 Å². The maximum atomic E-state index is 12.5. The molecule has 29 heavy (non-hydrogen) atoms. The van der Waals surface area contributed by atoms with Gasteiger partial charge in [0, 0.05) is 9.90 Å².